The lowest BCUT2D eigenvalue weighted by atomic mass is 9.90. The molecule has 0 saturated carbocycles. The number of pyridine rings is 1. The number of aryl methyl sites for hydroxylation is 2. The number of nitrogens with zero attached hydrogens (tertiary/aromatic N) is 4. The van der Waals surface area contributed by atoms with Crippen molar-refractivity contribution in [2.45, 2.75) is 36.8 Å². The number of anilines is 1. The number of rotatable bonds is 5. The Balaban J connectivity index is 0.000000222. The van der Waals surface area contributed by atoms with Crippen LogP contribution in [0.4, 0.5) is 19.0 Å². The first kappa shape index (κ1) is 29.8. The molecule has 2 N–H and O–H groups in total. The van der Waals surface area contributed by atoms with Gasteiger partial charge in [0.05, 0.1) is 21.8 Å². The van der Waals surface area contributed by atoms with Gasteiger partial charge in [0.25, 0.3) is 0 Å². The van der Waals surface area contributed by atoms with E-state index in [0.717, 1.165) is 4.90 Å². The van der Waals surface area contributed by atoms with Crippen LogP contribution in [0.1, 0.15) is 35.4 Å². The number of phenolic OH excluding ortho intramolecular Hbond substituents is 1. The van der Waals surface area contributed by atoms with Gasteiger partial charge in [-0.05, 0) is 81.0 Å². The first-order valence-electron chi connectivity index (χ1n) is 12.7. The second-order valence-electron chi connectivity index (χ2n) is 9.75. The second-order valence-corrected chi connectivity index (χ2v) is 11.0. The second kappa shape index (κ2) is 13.0. The highest BCUT2D eigenvalue weighted by Crippen LogP contribution is 2.42. The van der Waals surface area contributed by atoms with Crippen LogP contribution >= 0.6 is 23.5 Å². The molecule has 3 heterocycles. The van der Waals surface area contributed by atoms with Crippen molar-refractivity contribution in [3.05, 3.63) is 88.7 Å². The third-order valence-electron chi connectivity index (χ3n) is 6.69. The zero-order chi connectivity index (χ0) is 28.9. The van der Waals surface area contributed by atoms with Crippen molar-refractivity contribution in [2.24, 2.45) is 7.05 Å². The van der Waals surface area contributed by atoms with Crippen molar-refractivity contribution >= 4 is 29.4 Å². The van der Waals surface area contributed by atoms with Gasteiger partial charge in [0.15, 0.2) is 0 Å². The van der Waals surface area contributed by atoms with E-state index >= 15 is 0 Å². The topological polar surface area (TPSA) is 66.2 Å². The zero-order valence-electron chi connectivity index (χ0n) is 22.4. The molecule has 6 nitrogen and oxygen atoms in total. The summed E-state index contributed by atoms with van der Waals surface area (Å²) < 4.78 is 45.2. The first-order chi connectivity index (χ1) is 19.0. The number of hydrogen-bond acceptors (Lipinski definition) is 6. The Hall–Kier alpha value is -3.21. The largest absolute Gasteiger partial charge is 0.508 e. The van der Waals surface area contributed by atoms with Crippen LogP contribution in [0.2, 0.25) is 5.02 Å². The third-order valence-corrected chi connectivity index (χ3v) is 7.75. The van der Waals surface area contributed by atoms with Crippen LogP contribution in [0, 0.1) is 6.92 Å². The Kier molecular flexibility index (Phi) is 9.65. The van der Waals surface area contributed by atoms with Crippen molar-refractivity contribution in [1.82, 2.24) is 19.7 Å². The maximum absolute atomic E-state index is 13.6. The van der Waals surface area contributed by atoms with Gasteiger partial charge in [0.1, 0.15) is 17.1 Å². The highest BCUT2D eigenvalue weighted by Gasteiger charge is 2.38. The molecule has 1 aliphatic heterocycles. The van der Waals surface area contributed by atoms with Crippen molar-refractivity contribution in [3.63, 3.8) is 0 Å². The summed E-state index contributed by atoms with van der Waals surface area (Å²) in [6.07, 6.45) is 1.26. The monoisotopic (exact) mass is 589 g/mol. The van der Waals surface area contributed by atoms with E-state index in [1.54, 1.807) is 67.4 Å². The van der Waals surface area contributed by atoms with Gasteiger partial charge in [-0.25, -0.2) is 4.98 Å². The van der Waals surface area contributed by atoms with Gasteiger partial charge in [0.2, 0.25) is 0 Å². The van der Waals surface area contributed by atoms with Crippen molar-refractivity contribution in [2.75, 3.05) is 24.9 Å². The summed E-state index contributed by atoms with van der Waals surface area (Å²) in [5.74, 6) is 1.28. The van der Waals surface area contributed by atoms with Gasteiger partial charge < -0.3 is 14.7 Å². The van der Waals surface area contributed by atoms with Gasteiger partial charge in [0, 0.05) is 24.9 Å². The molecule has 0 atom stereocenters. The maximum atomic E-state index is 13.6. The van der Waals surface area contributed by atoms with E-state index in [4.69, 9.17) is 11.6 Å². The minimum absolute atomic E-state index is 0.197. The number of hydrogen-bond donors (Lipinski definition) is 2. The van der Waals surface area contributed by atoms with E-state index < -0.39 is 16.8 Å². The lowest BCUT2D eigenvalue weighted by molar-refractivity contribution is -0.137. The lowest BCUT2D eigenvalue weighted by Crippen LogP contribution is -2.29. The Bertz CT molecular complexity index is 1420. The fourth-order valence-electron chi connectivity index (χ4n) is 4.52. The van der Waals surface area contributed by atoms with Crippen LogP contribution in [0.15, 0.2) is 71.9 Å². The predicted octanol–water partition coefficient (Wildman–Crippen LogP) is 7.78. The SMILES string of the molecule is CN1CCC(c2ccc(O)cc2)CC1.Cc1ccccc1-c1nc(NSc2cnn(C)c2)cc(Cl)c1C(F)(F)F. The molecule has 0 aliphatic carbocycles. The number of aromatic hydroxyl groups is 1. The maximum Gasteiger partial charge on any atom is 0.419 e. The summed E-state index contributed by atoms with van der Waals surface area (Å²) in [6.45, 7) is 4.10. The van der Waals surface area contributed by atoms with Gasteiger partial charge in [-0.3, -0.25) is 4.68 Å². The fourth-order valence-corrected chi connectivity index (χ4v) is 5.45. The molecule has 40 heavy (non-hydrogen) atoms. The van der Waals surface area contributed by atoms with Crippen molar-refractivity contribution < 1.29 is 18.3 Å². The van der Waals surface area contributed by atoms with Crippen LogP contribution in [-0.4, -0.2) is 44.9 Å². The highest BCUT2D eigenvalue weighted by molar-refractivity contribution is 8.00. The van der Waals surface area contributed by atoms with Gasteiger partial charge in [-0.1, -0.05) is 48.0 Å². The van der Waals surface area contributed by atoms with Crippen LogP contribution in [-0.2, 0) is 13.2 Å². The average molecular weight is 590 g/mol. The molecule has 212 valence electrons. The quantitative estimate of drug-likeness (QED) is 0.232. The Labute approximate surface area is 241 Å². The standard InChI is InChI=1S/C17H14ClF3N4S.C12H17NO/c1-10-5-3-4-6-12(10)16-15(17(19,20)21)13(18)7-14(23-16)24-26-11-8-22-25(2)9-11;1-13-8-6-11(7-9-13)10-2-4-12(14)5-3-10/h3-9H,1-2H3,(H,23,24);2-5,11,14H,6-9H2,1H3. The molecule has 0 spiro atoms. The Morgan fingerprint density at radius 1 is 1.05 bits per heavy atom. The predicted molar refractivity (Wildman–Crippen MR) is 155 cm³/mol. The van der Waals surface area contributed by atoms with Crippen LogP contribution in [0.5, 0.6) is 5.75 Å². The van der Waals surface area contributed by atoms with Crippen molar-refractivity contribution in [1.29, 1.82) is 0 Å². The lowest BCUT2D eigenvalue weighted by Gasteiger charge is -2.29. The summed E-state index contributed by atoms with van der Waals surface area (Å²) in [7, 11) is 3.95. The van der Waals surface area contributed by atoms with E-state index in [1.807, 2.05) is 12.1 Å². The minimum atomic E-state index is -4.61. The number of aromatic nitrogens is 3. The molecule has 5 rings (SSSR count). The summed E-state index contributed by atoms with van der Waals surface area (Å²) in [5, 5.41) is 12.8. The van der Waals surface area contributed by atoms with Gasteiger partial charge in [-0.2, -0.15) is 18.3 Å². The van der Waals surface area contributed by atoms with Crippen LogP contribution in [0.25, 0.3) is 11.3 Å². The number of piperidine rings is 1. The number of phenols is 1. The van der Waals surface area contributed by atoms with Crippen molar-refractivity contribution in [3.8, 4) is 17.0 Å². The normalized spacial score (nSPS) is 14.5. The van der Waals surface area contributed by atoms with Crippen LogP contribution < -0.4 is 4.72 Å². The molecule has 0 radical (unpaired) electrons. The molecule has 1 saturated heterocycles. The smallest absolute Gasteiger partial charge is 0.419 e. The molecule has 4 aromatic rings. The first-order valence-corrected chi connectivity index (χ1v) is 13.9. The summed E-state index contributed by atoms with van der Waals surface area (Å²) in [6, 6.07) is 15.6. The summed E-state index contributed by atoms with van der Waals surface area (Å²) in [5.41, 5.74) is 1.30. The Morgan fingerprint density at radius 2 is 1.73 bits per heavy atom. The minimum Gasteiger partial charge on any atom is -0.508 e. The Morgan fingerprint density at radius 3 is 2.33 bits per heavy atom. The number of benzene rings is 2. The molecule has 11 heteroatoms. The average Bonchev–Trinajstić information content (AvgIpc) is 3.33. The molecule has 0 bridgehead atoms. The number of nitrogens with one attached hydrogen (secondary N) is 1. The van der Waals surface area contributed by atoms with E-state index in [-0.39, 0.29) is 11.5 Å². The van der Waals surface area contributed by atoms with Gasteiger partial charge >= 0.3 is 6.18 Å². The fraction of sp³-hybridized carbons (Fsp3) is 0.310. The van der Waals surface area contributed by atoms with Crippen LogP contribution in [0.3, 0.4) is 0 Å². The van der Waals surface area contributed by atoms with E-state index in [9.17, 15) is 18.3 Å². The van der Waals surface area contributed by atoms with E-state index in [1.165, 1.54) is 49.5 Å². The molecule has 2 aromatic carbocycles. The number of likely N-dealkylation sites (tertiary alicyclic amines) is 1. The molecule has 2 aromatic heterocycles. The number of alkyl halides is 3. The zero-order valence-corrected chi connectivity index (χ0v) is 24.0. The highest BCUT2D eigenvalue weighted by atomic mass is 35.5. The van der Waals surface area contributed by atoms with E-state index in [2.05, 4.69) is 26.8 Å². The molecular formula is C29H31ClF3N5OS. The molecular weight excluding hydrogens is 559 g/mol. The molecule has 0 amide bonds. The molecule has 0 unspecified atom stereocenters. The van der Waals surface area contributed by atoms with Gasteiger partial charge in [-0.15, -0.1) is 0 Å². The van der Waals surface area contributed by atoms with E-state index in [0.29, 0.717) is 22.8 Å². The summed E-state index contributed by atoms with van der Waals surface area (Å²) >= 11 is 7.17. The number of halogens is 4. The molecule has 1 fully saturated rings. The summed E-state index contributed by atoms with van der Waals surface area (Å²) in [4.78, 5) is 7.36. The third kappa shape index (κ3) is 7.71. The molecule has 1 aliphatic rings.